The van der Waals surface area contributed by atoms with E-state index in [1.54, 1.807) is 12.1 Å². The third kappa shape index (κ3) is 30.6. The van der Waals surface area contributed by atoms with Crippen LogP contribution in [0.3, 0.4) is 0 Å². The largest absolute Gasteiger partial charge is 0.383 e. The molecule has 1 saturated carbocycles. The van der Waals surface area contributed by atoms with Crippen molar-refractivity contribution >= 4 is 29.7 Å². The van der Waals surface area contributed by atoms with Gasteiger partial charge in [-0.3, -0.25) is 0 Å². The molecule has 3 rings (SSSR count). The summed E-state index contributed by atoms with van der Waals surface area (Å²) >= 11 is 0. The van der Waals surface area contributed by atoms with E-state index in [1.807, 2.05) is 85.7 Å². The number of hydrogen-bond donors (Lipinski definition) is 2. The minimum absolute atomic E-state index is 0.0270. The van der Waals surface area contributed by atoms with Gasteiger partial charge in [-0.1, -0.05) is 181 Å². The molecule has 4 atom stereocenters. The molecule has 2 N–H and O–H groups in total. The van der Waals surface area contributed by atoms with Gasteiger partial charge in [0.25, 0.3) is 0 Å². The minimum Gasteiger partial charge on any atom is -0.383 e. The van der Waals surface area contributed by atoms with E-state index in [1.165, 1.54) is 25.0 Å². The Morgan fingerprint density at radius 3 is 1.34 bits per heavy atom. The highest BCUT2D eigenvalue weighted by Crippen LogP contribution is 2.47. The minimum atomic E-state index is -3.58. The molecule has 0 aromatic heterocycles. The quantitative estimate of drug-likeness (QED) is 0.0824. The van der Waals surface area contributed by atoms with Crippen molar-refractivity contribution in [2.45, 2.75) is 195 Å². The second-order valence-corrected chi connectivity index (χ2v) is 35.2. The average molecular weight is 1130 g/mol. The van der Waals surface area contributed by atoms with Gasteiger partial charge in [-0.2, -0.15) is 0 Å². The Morgan fingerprint density at radius 1 is 0.579 bits per heavy atom. The zero-order valence-corrected chi connectivity index (χ0v) is 53.8. The summed E-state index contributed by atoms with van der Waals surface area (Å²) in [4.78, 5) is 0. The predicted octanol–water partition coefficient (Wildman–Crippen LogP) is 13.5. The summed E-state index contributed by atoms with van der Waals surface area (Å²) in [5.74, 6) is 1.42. The van der Waals surface area contributed by atoms with Gasteiger partial charge >= 0.3 is 0 Å². The summed E-state index contributed by atoms with van der Waals surface area (Å²) in [6, 6.07) is 14.9. The fourth-order valence-electron chi connectivity index (χ4n) is 8.98. The van der Waals surface area contributed by atoms with Gasteiger partial charge < -0.3 is 19.3 Å². The summed E-state index contributed by atoms with van der Waals surface area (Å²) in [6.07, 6.45) is 4.46. The summed E-state index contributed by atoms with van der Waals surface area (Å²) in [5.41, 5.74) is -0.217. The van der Waals surface area contributed by atoms with Crippen molar-refractivity contribution in [1.82, 2.24) is 4.72 Å². The molecule has 2 aromatic carbocycles. The maximum Gasteiger partial charge on any atom is 0.212 e. The Balaban J connectivity index is 0.000000579. The van der Waals surface area contributed by atoms with Gasteiger partial charge in [0, 0.05) is 25.7 Å². The van der Waals surface area contributed by atoms with Gasteiger partial charge in [0.15, 0.2) is 19.7 Å². The normalized spacial score (nSPS) is 16.5. The second kappa shape index (κ2) is 30.2. The van der Waals surface area contributed by atoms with Gasteiger partial charge in [-0.25, -0.2) is 34.4 Å². The van der Waals surface area contributed by atoms with E-state index in [0.29, 0.717) is 82.9 Å². The molecule has 76 heavy (non-hydrogen) atoms. The van der Waals surface area contributed by atoms with Gasteiger partial charge in [0.05, 0.1) is 54.6 Å². The molecular formula is C61H110FNO10S3. The molecule has 1 aliphatic carbocycles. The van der Waals surface area contributed by atoms with E-state index in [9.17, 15) is 34.8 Å². The third-order valence-corrected chi connectivity index (χ3v) is 18.2. The molecule has 0 saturated heterocycles. The lowest BCUT2D eigenvalue weighted by molar-refractivity contribution is -0.0932. The van der Waals surface area contributed by atoms with Gasteiger partial charge in [-0.15, -0.1) is 0 Å². The predicted molar refractivity (Wildman–Crippen MR) is 316 cm³/mol. The molecule has 0 heterocycles. The van der Waals surface area contributed by atoms with Gasteiger partial charge in [-0.05, 0) is 112 Å². The number of benzene rings is 2. The molecule has 2 unspecified atom stereocenters. The van der Waals surface area contributed by atoms with Crippen LogP contribution in [0.25, 0.3) is 0 Å². The van der Waals surface area contributed by atoms with Crippen LogP contribution in [0.15, 0.2) is 54.6 Å². The molecule has 0 amide bonds. The topological polar surface area (TPSA) is 162 Å². The molecule has 2 aromatic rings. The Hall–Kier alpha value is -1.98. The van der Waals surface area contributed by atoms with E-state index < -0.39 is 46.8 Å². The second-order valence-electron chi connectivity index (χ2n) is 28.9. The first kappa shape index (κ1) is 72.0. The molecule has 0 bridgehead atoms. The summed E-state index contributed by atoms with van der Waals surface area (Å²) in [7, 11) is -9.76. The van der Waals surface area contributed by atoms with Crippen molar-refractivity contribution in [3.05, 3.63) is 71.5 Å². The van der Waals surface area contributed by atoms with E-state index in [2.05, 4.69) is 87.8 Å². The molecular weight excluding hydrogens is 1020 g/mol. The Labute approximate surface area is 465 Å². The maximum atomic E-state index is 13.2. The summed E-state index contributed by atoms with van der Waals surface area (Å²) < 4.78 is 108. The van der Waals surface area contributed by atoms with Crippen LogP contribution in [0.4, 0.5) is 4.39 Å². The van der Waals surface area contributed by atoms with Crippen LogP contribution >= 0.6 is 0 Å². The van der Waals surface area contributed by atoms with E-state index in [4.69, 9.17) is 14.2 Å². The summed E-state index contributed by atoms with van der Waals surface area (Å²) in [5, 5.41) is 11.9. The van der Waals surface area contributed by atoms with Crippen molar-refractivity contribution < 1.29 is 49.0 Å². The number of halogens is 1. The molecule has 1 fully saturated rings. The van der Waals surface area contributed by atoms with E-state index in [-0.39, 0.29) is 67.7 Å². The van der Waals surface area contributed by atoms with Gasteiger partial charge in [0.1, 0.15) is 11.4 Å². The zero-order chi connectivity index (χ0) is 58.8. The summed E-state index contributed by atoms with van der Waals surface area (Å²) in [6.45, 7) is 44.6. The Kier molecular flexibility index (Phi) is 28.6. The molecule has 11 nitrogen and oxygen atoms in total. The first-order valence-corrected chi connectivity index (χ1v) is 33.3. The molecule has 0 radical (unpaired) electrons. The van der Waals surface area contributed by atoms with E-state index >= 15 is 0 Å². The zero-order valence-electron chi connectivity index (χ0n) is 51.3. The molecule has 15 heteroatoms. The lowest BCUT2D eigenvalue weighted by Gasteiger charge is -2.47. The Bertz CT molecular complexity index is 2280. The SMILES string of the molecule is CC(C)(C)COCCCS(=O)(=O)CC(c1ccc(F)cc1)C(C)(C)C.CC(C)(C)COCCCS(=O)(=O)C[C@H](C1CC1)C(C)(C)C.CC(C)C[C@@H](NS(=O)(=O)CCCOCC(C)(C)C)C(O)(c1ccccc1)C(C)(C)C. The molecule has 444 valence electrons. The number of sulfone groups is 2. The fraction of sp³-hybridized carbons (Fsp3) is 0.803. The van der Waals surface area contributed by atoms with Crippen molar-refractivity contribution in [2.24, 2.45) is 50.2 Å². The number of ether oxygens (including phenoxy) is 3. The number of hydrogen-bond acceptors (Lipinski definition) is 10. The first-order chi connectivity index (χ1) is 34.3. The van der Waals surface area contributed by atoms with Crippen molar-refractivity contribution in [3.63, 3.8) is 0 Å². The first-order valence-electron chi connectivity index (χ1n) is 28.0. The van der Waals surface area contributed by atoms with Crippen LogP contribution in [0, 0.1) is 56.1 Å². The lowest BCUT2D eigenvalue weighted by Crippen LogP contribution is -2.57. The standard InChI is InChI=1S/C24H43NO4S.C20H33FO3S.C17H34O3S/c1-19(2)17-21(24(26,23(6,7)8)20-13-10-9-11-14-20)25-30(27,28)16-12-15-29-18-22(3,4)5;1-19(2,3)15-24-12-7-13-25(22,23)14-18(20(4,5)6)16-8-10-17(21)11-9-16;1-16(2,3)13-20-10-7-11-21(18,19)12-15(14-8-9-14)17(4,5)6/h9-11,13-14,19,21,25-26H,12,15-18H2,1-8H3;8-11,18H,7,12-15H2,1-6H3;14-15H,7-13H2,1-6H3/t21-,24?;;15-/m1.1/s1. The van der Waals surface area contributed by atoms with Crippen molar-refractivity contribution in [3.8, 4) is 0 Å². The molecule has 0 aliphatic heterocycles. The fourth-order valence-corrected chi connectivity index (χ4v) is 14.3. The number of sulfonamides is 1. The van der Waals surface area contributed by atoms with Crippen LogP contribution in [-0.2, 0) is 49.5 Å². The van der Waals surface area contributed by atoms with Crippen molar-refractivity contribution in [2.75, 3.05) is 68.4 Å². The monoisotopic (exact) mass is 1130 g/mol. The number of aliphatic hydroxyl groups is 1. The molecule has 1 aliphatic rings. The average Bonchev–Trinajstić information content (AvgIpc) is 4.08. The molecule has 0 spiro atoms. The maximum absolute atomic E-state index is 13.2. The van der Waals surface area contributed by atoms with Crippen LogP contribution in [0.5, 0.6) is 0 Å². The van der Waals surface area contributed by atoms with Crippen molar-refractivity contribution in [1.29, 1.82) is 0 Å². The third-order valence-electron chi connectivity index (χ3n) is 13.2. The van der Waals surface area contributed by atoms with Crippen LogP contribution in [0.2, 0.25) is 0 Å². The highest BCUT2D eigenvalue weighted by molar-refractivity contribution is 7.91. The Morgan fingerprint density at radius 2 is 0.987 bits per heavy atom. The highest BCUT2D eigenvalue weighted by Gasteiger charge is 2.49. The lowest BCUT2D eigenvalue weighted by atomic mass is 9.66. The smallest absolute Gasteiger partial charge is 0.212 e. The van der Waals surface area contributed by atoms with Crippen LogP contribution in [0.1, 0.15) is 194 Å². The van der Waals surface area contributed by atoms with E-state index in [0.717, 1.165) is 11.1 Å². The number of nitrogens with one attached hydrogen (secondary N) is 1. The number of rotatable bonds is 27. The van der Waals surface area contributed by atoms with Crippen LogP contribution in [-0.4, -0.2) is 105 Å². The van der Waals surface area contributed by atoms with Crippen LogP contribution < -0.4 is 4.72 Å². The van der Waals surface area contributed by atoms with Gasteiger partial charge in [0.2, 0.25) is 10.0 Å². The highest BCUT2D eigenvalue weighted by atomic mass is 32.2.